The normalized spacial score (nSPS) is 26.9. The number of fused-ring (bicyclic) bond motifs is 2. The van der Waals surface area contributed by atoms with Gasteiger partial charge in [0.25, 0.3) is 0 Å². The van der Waals surface area contributed by atoms with Crippen LogP contribution in [-0.2, 0) is 10.0 Å². The molecule has 0 saturated carbocycles. The molecule has 0 aliphatic carbocycles. The van der Waals surface area contributed by atoms with Gasteiger partial charge in [-0.15, -0.1) is 0 Å². The lowest BCUT2D eigenvalue weighted by Gasteiger charge is -2.30. The molecule has 2 N–H and O–H groups in total. The number of hydrogen-bond acceptors (Lipinski definition) is 7. The van der Waals surface area contributed by atoms with Crippen LogP contribution >= 0.6 is 0 Å². The van der Waals surface area contributed by atoms with Gasteiger partial charge in [0.1, 0.15) is 22.5 Å². The Labute approximate surface area is 183 Å². The van der Waals surface area contributed by atoms with E-state index in [0.29, 0.717) is 18.8 Å². The molecule has 31 heavy (non-hydrogen) atoms. The number of likely N-dealkylation sites (N-methyl/N-ethyl adjacent to an activating group) is 2. The third-order valence-corrected chi connectivity index (χ3v) is 7.37. The number of rotatable bonds is 2. The summed E-state index contributed by atoms with van der Waals surface area (Å²) < 4.78 is 40.2. The van der Waals surface area contributed by atoms with Crippen LogP contribution in [0.4, 0.5) is 0 Å². The van der Waals surface area contributed by atoms with Crippen molar-refractivity contribution in [3.05, 3.63) is 42.5 Å². The first-order valence-electron chi connectivity index (χ1n) is 10.3. The number of aliphatic hydroxyl groups is 1. The number of likely N-dealkylation sites (tertiary alicyclic amines) is 1. The number of sulfonamides is 1. The Balaban J connectivity index is 1.79. The Hall–Kier alpha value is -2.17. The van der Waals surface area contributed by atoms with E-state index in [-0.39, 0.29) is 23.6 Å². The summed E-state index contributed by atoms with van der Waals surface area (Å²) in [6.45, 7) is 1.74. The Morgan fingerprint density at radius 3 is 2.65 bits per heavy atom. The zero-order valence-electron chi connectivity index (χ0n) is 18.0. The Morgan fingerprint density at radius 2 is 1.87 bits per heavy atom. The van der Waals surface area contributed by atoms with Crippen molar-refractivity contribution in [3.63, 3.8) is 0 Å². The molecule has 168 valence electrons. The predicted octanol–water partition coefficient (Wildman–Crippen LogP) is 1.01. The molecule has 2 heterocycles. The third-order valence-electron chi connectivity index (χ3n) is 5.91. The minimum absolute atomic E-state index is 0.0359. The maximum absolute atomic E-state index is 13.0. The molecule has 9 heteroatoms. The maximum atomic E-state index is 13.0. The lowest BCUT2D eigenvalue weighted by molar-refractivity contribution is 0.0713. The summed E-state index contributed by atoms with van der Waals surface area (Å²) in [5.74, 6) is 1.03. The lowest BCUT2D eigenvalue weighted by atomic mass is 10.1. The van der Waals surface area contributed by atoms with Crippen LogP contribution in [0.3, 0.4) is 0 Å². The fourth-order valence-corrected chi connectivity index (χ4v) is 5.45. The Kier molecular flexibility index (Phi) is 6.23. The molecule has 3 atom stereocenters. The second-order valence-electron chi connectivity index (χ2n) is 8.28. The van der Waals surface area contributed by atoms with Crippen LogP contribution < -0.4 is 14.2 Å². The molecule has 0 amide bonds. The van der Waals surface area contributed by atoms with Gasteiger partial charge in [-0.05, 0) is 49.5 Å². The number of hydrogen-bond donors (Lipinski definition) is 2. The Morgan fingerprint density at radius 1 is 1.10 bits per heavy atom. The first kappa shape index (κ1) is 22.0. The van der Waals surface area contributed by atoms with Crippen molar-refractivity contribution in [2.75, 3.05) is 47.4 Å². The number of ether oxygens (including phenoxy) is 2. The molecule has 2 aromatic carbocycles. The average molecular weight is 448 g/mol. The monoisotopic (exact) mass is 447 g/mol. The zero-order valence-corrected chi connectivity index (χ0v) is 18.8. The van der Waals surface area contributed by atoms with E-state index in [9.17, 15) is 13.5 Å². The predicted molar refractivity (Wildman–Crippen MR) is 118 cm³/mol. The largest absolute Gasteiger partial charge is 0.497 e. The van der Waals surface area contributed by atoms with Gasteiger partial charge in [-0.2, -0.15) is 0 Å². The van der Waals surface area contributed by atoms with E-state index in [2.05, 4.69) is 9.62 Å². The van der Waals surface area contributed by atoms with Gasteiger partial charge in [0, 0.05) is 26.2 Å². The van der Waals surface area contributed by atoms with Crippen molar-refractivity contribution in [2.45, 2.75) is 23.1 Å². The van der Waals surface area contributed by atoms with Crippen LogP contribution in [0.25, 0.3) is 11.1 Å². The topological polar surface area (TPSA) is 91.3 Å². The number of β-amino-alcohol motifs (C(OH)–C–C–N with tert-alkyl or cyclic N) is 1. The fourth-order valence-electron chi connectivity index (χ4n) is 4.26. The number of nitrogens with one attached hydrogen (secondary N) is 1. The standard InChI is InChI=1S/C22H29N3O5S/c1-24-13-19-21(14-24)30-20-10-16(15-5-4-6-18(9-15)29-3)7-8-22(20)31(27,28)23-11-17(26)12-25(19)2/h4-10,17,19,21,23,26H,11-14H2,1-3H3/t17-,19+,21-/m0/s1. The second kappa shape index (κ2) is 8.76. The van der Waals surface area contributed by atoms with Gasteiger partial charge in [-0.3, -0.25) is 4.90 Å². The lowest BCUT2D eigenvalue weighted by Crippen LogP contribution is -2.47. The van der Waals surface area contributed by atoms with E-state index in [4.69, 9.17) is 9.47 Å². The summed E-state index contributed by atoms with van der Waals surface area (Å²) in [5, 5.41) is 10.4. The highest BCUT2D eigenvalue weighted by Gasteiger charge is 2.37. The smallest absolute Gasteiger partial charge is 0.244 e. The quantitative estimate of drug-likeness (QED) is 0.710. The SMILES string of the molecule is COc1cccc(-c2ccc3c(c2)O[C@H]2CN(C)C[C@H]2N(C)C[C@@H](O)CNS3(=O)=O)c1. The van der Waals surface area contributed by atoms with Gasteiger partial charge in [-0.25, -0.2) is 13.1 Å². The van der Waals surface area contributed by atoms with E-state index in [1.165, 1.54) is 0 Å². The molecule has 2 aromatic rings. The highest BCUT2D eigenvalue weighted by Crippen LogP contribution is 2.34. The van der Waals surface area contributed by atoms with Crippen molar-refractivity contribution in [1.82, 2.24) is 14.5 Å². The van der Waals surface area contributed by atoms with Gasteiger partial charge < -0.3 is 19.5 Å². The van der Waals surface area contributed by atoms with Crippen molar-refractivity contribution in [2.24, 2.45) is 0 Å². The molecule has 2 aliphatic heterocycles. The molecule has 4 rings (SSSR count). The summed E-state index contributed by atoms with van der Waals surface area (Å²) in [6.07, 6.45) is -1.04. The molecule has 8 nitrogen and oxygen atoms in total. The Bertz CT molecular complexity index is 1050. The molecule has 1 fully saturated rings. The van der Waals surface area contributed by atoms with Gasteiger partial charge in [0.05, 0.1) is 19.3 Å². The van der Waals surface area contributed by atoms with Gasteiger partial charge in [0.15, 0.2) is 0 Å². The summed E-state index contributed by atoms with van der Waals surface area (Å²) in [7, 11) is 1.70. The molecule has 0 unspecified atom stereocenters. The highest BCUT2D eigenvalue weighted by molar-refractivity contribution is 7.89. The molecule has 0 radical (unpaired) electrons. The van der Waals surface area contributed by atoms with Gasteiger partial charge in [0.2, 0.25) is 10.0 Å². The molecule has 1 saturated heterocycles. The van der Waals surface area contributed by atoms with Crippen LogP contribution in [0.1, 0.15) is 0 Å². The summed E-state index contributed by atoms with van der Waals surface area (Å²) in [6, 6.07) is 12.7. The third kappa shape index (κ3) is 4.70. The van der Waals surface area contributed by atoms with Gasteiger partial charge >= 0.3 is 0 Å². The van der Waals surface area contributed by atoms with Crippen molar-refractivity contribution in [1.29, 1.82) is 0 Å². The van der Waals surface area contributed by atoms with E-state index in [1.807, 2.05) is 43.3 Å². The molecule has 0 bridgehead atoms. The van der Waals surface area contributed by atoms with Crippen molar-refractivity contribution >= 4 is 10.0 Å². The molecular formula is C22H29N3O5S. The average Bonchev–Trinajstić information content (AvgIpc) is 3.11. The highest BCUT2D eigenvalue weighted by atomic mass is 32.2. The second-order valence-corrected chi connectivity index (χ2v) is 10.0. The summed E-state index contributed by atoms with van der Waals surface area (Å²) in [4.78, 5) is 4.27. The van der Waals surface area contributed by atoms with E-state index in [0.717, 1.165) is 23.4 Å². The number of aliphatic hydroxyl groups excluding tert-OH is 1. The maximum Gasteiger partial charge on any atom is 0.244 e. The van der Waals surface area contributed by atoms with Crippen LogP contribution in [0.5, 0.6) is 11.5 Å². The first-order chi connectivity index (χ1) is 14.8. The van der Waals surface area contributed by atoms with Crippen LogP contribution in [0.15, 0.2) is 47.4 Å². The molecule has 0 spiro atoms. The van der Waals surface area contributed by atoms with Crippen LogP contribution in [0, 0.1) is 0 Å². The summed E-state index contributed by atoms with van der Waals surface area (Å²) >= 11 is 0. The zero-order chi connectivity index (χ0) is 22.2. The fraction of sp³-hybridized carbons (Fsp3) is 0.455. The number of nitrogens with zero attached hydrogens (tertiary/aromatic N) is 2. The van der Waals surface area contributed by atoms with Crippen LogP contribution in [0.2, 0.25) is 0 Å². The van der Waals surface area contributed by atoms with Gasteiger partial charge in [-0.1, -0.05) is 18.2 Å². The molecular weight excluding hydrogens is 418 g/mol. The minimum Gasteiger partial charge on any atom is -0.497 e. The molecule has 0 aromatic heterocycles. The van der Waals surface area contributed by atoms with Crippen molar-refractivity contribution in [3.8, 4) is 22.6 Å². The summed E-state index contributed by atoms with van der Waals surface area (Å²) in [5.41, 5.74) is 1.73. The number of methoxy groups -OCH3 is 1. The van der Waals surface area contributed by atoms with Crippen LogP contribution in [-0.4, -0.2) is 89.0 Å². The van der Waals surface area contributed by atoms with E-state index < -0.39 is 16.1 Å². The van der Waals surface area contributed by atoms with E-state index in [1.54, 1.807) is 25.3 Å². The first-order valence-corrected chi connectivity index (χ1v) is 11.8. The van der Waals surface area contributed by atoms with Crippen molar-refractivity contribution < 1.29 is 23.0 Å². The molecule has 2 aliphatic rings. The number of benzene rings is 2. The minimum atomic E-state index is -3.85. The van der Waals surface area contributed by atoms with E-state index >= 15 is 0 Å².